The molecule has 0 bridgehead atoms. The summed E-state index contributed by atoms with van der Waals surface area (Å²) in [5, 5.41) is 15.1. The highest BCUT2D eigenvalue weighted by atomic mass is 19.4. The molecule has 6 nitrogen and oxygen atoms in total. The van der Waals surface area contributed by atoms with E-state index in [2.05, 4.69) is 10.5 Å². The van der Waals surface area contributed by atoms with Crippen LogP contribution in [-0.2, 0) is 0 Å². The number of carbonyl (C=O) groups excluding carboxylic acids is 1. The Labute approximate surface area is 95.0 Å². The molecule has 1 unspecified atom stereocenters. The van der Waals surface area contributed by atoms with Crippen molar-refractivity contribution in [3.05, 3.63) is 0 Å². The third kappa shape index (κ3) is 4.79. The van der Waals surface area contributed by atoms with Gasteiger partial charge in [-0.15, -0.1) is 0 Å². The van der Waals surface area contributed by atoms with Crippen LogP contribution in [-0.4, -0.2) is 35.8 Å². The number of amides is 2. The summed E-state index contributed by atoms with van der Waals surface area (Å²) in [4.78, 5) is 11.1. The molecule has 0 radical (unpaired) electrons. The van der Waals surface area contributed by atoms with Crippen LogP contribution in [0, 0.1) is 5.92 Å². The van der Waals surface area contributed by atoms with Crippen LogP contribution in [0.15, 0.2) is 5.16 Å². The van der Waals surface area contributed by atoms with E-state index >= 15 is 0 Å². The Morgan fingerprint density at radius 3 is 2.53 bits per heavy atom. The third-order valence-electron chi connectivity index (χ3n) is 2.26. The fourth-order valence-corrected chi connectivity index (χ4v) is 1.30. The molecular formula is C8H13F3N4O2. The Kier molecular flexibility index (Phi) is 4.02. The normalized spacial score (nSPS) is 18.6. The quantitative estimate of drug-likeness (QED) is 0.252. The summed E-state index contributed by atoms with van der Waals surface area (Å²) < 4.78 is 35.5. The van der Waals surface area contributed by atoms with Gasteiger partial charge in [-0.05, 0) is 18.8 Å². The Bertz CT molecular complexity index is 314. The van der Waals surface area contributed by atoms with Gasteiger partial charge in [-0.1, -0.05) is 5.16 Å². The minimum atomic E-state index is -4.47. The van der Waals surface area contributed by atoms with E-state index in [1.165, 1.54) is 0 Å². The fraction of sp³-hybridized carbons (Fsp3) is 0.750. The zero-order valence-electron chi connectivity index (χ0n) is 8.79. The highest BCUT2D eigenvalue weighted by Crippen LogP contribution is 2.32. The summed E-state index contributed by atoms with van der Waals surface area (Å²) in [6.07, 6.45) is -2.91. The van der Waals surface area contributed by atoms with Gasteiger partial charge in [0.2, 0.25) is 0 Å². The van der Waals surface area contributed by atoms with Crippen molar-refractivity contribution in [2.45, 2.75) is 25.1 Å². The molecule has 1 atom stereocenters. The summed E-state index contributed by atoms with van der Waals surface area (Å²) in [7, 11) is 0. The van der Waals surface area contributed by atoms with Gasteiger partial charge in [-0.25, -0.2) is 4.79 Å². The molecule has 17 heavy (non-hydrogen) atoms. The molecule has 98 valence electrons. The maximum atomic E-state index is 11.8. The number of amidine groups is 1. The molecule has 0 aromatic rings. The van der Waals surface area contributed by atoms with Crippen molar-refractivity contribution in [2.24, 2.45) is 16.8 Å². The number of rotatable bonds is 4. The molecule has 0 saturated heterocycles. The summed E-state index contributed by atoms with van der Waals surface area (Å²) in [6, 6.07) is -1.72. The Balaban J connectivity index is 2.42. The molecule has 0 heterocycles. The molecule has 0 aromatic heterocycles. The highest BCUT2D eigenvalue weighted by molar-refractivity contribution is 5.90. The maximum Gasteiger partial charge on any atom is 0.405 e. The van der Waals surface area contributed by atoms with E-state index in [1.54, 1.807) is 5.32 Å². The van der Waals surface area contributed by atoms with Crippen molar-refractivity contribution in [3.8, 4) is 0 Å². The molecule has 1 rings (SSSR count). The zero-order valence-corrected chi connectivity index (χ0v) is 8.79. The topological polar surface area (TPSA) is 99.7 Å². The Hall–Kier alpha value is -1.67. The number of oxime groups is 1. The first kappa shape index (κ1) is 13.4. The first-order chi connectivity index (χ1) is 7.83. The first-order valence-electron chi connectivity index (χ1n) is 4.92. The van der Waals surface area contributed by atoms with Gasteiger partial charge in [-0.3, -0.25) is 0 Å². The summed E-state index contributed by atoms with van der Waals surface area (Å²) in [5.74, 6) is -0.197. The van der Waals surface area contributed by atoms with Gasteiger partial charge < -0.3 is 21.6 Å². The lowest BCUT2D eigenvalue weighted by Crippen LogP contribution is -2.51. The van der Waals surface area contributed by atoms with E-state index in [-0.39, 0.29) is 11.8 Å². The van der Waals surface area contributed by atoms with E-state index in [1.807, 2.05) is 0 Å². The van der Waals surface area contributed by atoms with Gasteiger partial charge in [0.1, 0.15) is 6.54 Å². The van der Waals surface area contributed by atoms with Gasteiger partial charge in [0.15, 0.2) is 5.84 Å². The van der Waals surface area contributed by atoms with E-state index in [0.717, 1.165) is 12.8 Å². The lowest BCUT2D eigenvalue weighted by atomic mass is 10.2. The predicted molar refractivity (Wildman–Crippen MR) is 52.5 cm³/mol. The van der Waals surface area contributed by atoms with Gasteiger partial charge in [-0.2, -0.15) is 13.2 Å². The second-order valence-electron chi connectivity index (χ2n) is 3.78. The summed E-state index contributed by atoms with van der Waals surface area (Å²) >= 11 is 0. The van der Waals surface area contributed by atoms with Crippen molar-refractivity contribution in [1.29, 1.82) is 0 Å². The lowest BCUT2D eigenvalue weighted by Gasteiger charge is -2.17. The molecule has 1 fully saturated rings. The number of nitrogens with one attached hydrogen (secondary N) is 2. The minimum absolute atomic E-state index is 0.0162. The summed E-state index contributed by atoms with van der Waals surface area (Å²) in [6.45, 7) is -1.42. The van der Waals surface area contributed by atoms with E-state index < -0.39 is 24.8 Å². The Morgan fingerprint density at radius 2 is 2.12 bits per heavy atom. The smallest absolute Gasteiger partial charge is 0.405 e. The number of nitrogens with zero attached hydrogens (tertiary/aromatic N) is 1. The SMILES string of the molecule is NC(=NO)C(NC(=O)NCC(F)(F)F)C1CC1. The van der Waals surface area contributed by atoms with Crippen molar-refractivity contribution >= 4 is 11.9 Å². The molecule has 0 aromatic carbocycles. The van der Waals surface area contributed by atoms with E-state index in [9.17, 15) is 18.0 Å². The Morgan fingerprint density at radius 1 is 1.53 bits per heavy atom. The third-order valence-corrected chi connectivity index (χ3v) is 2.26. The monoisotopic (exact) mass is 254 g/mol. The standard InChI is InChI=1S/C8H13F3N4O2/c9-8(10,11)3-13-7(16)14-5(4-1-2-4)6(12)15-17/h4-5,17H,1-3H2,(H2,12,15)(H2,13,14,16). The molecule has 0 spiro atoms. The molecule has 1 aliphatic rings. The molecule has 0 aliphatic heterocycles. The number of alkyl halides is 3. The molecule has 2 amide bonds. The zero-order chi connectivity index (χ0) is 13.1. The molecule has 1 saturated carbocycles. The van der Waals surface area contributed by atoms with Crippen LogP contribution in [0.5, 0.6) is 0 Å². The minimum Gasteiger partial charge on any atom is -0.409 e. The average molecular weight is 254 g/mol. The number of nitrogens with two attached hydrogens (primary N) is 1. The van der Waals surface area contributed by atoms with Crippen molar-refractivity contribution < 1.29 is 23.2 Å². The number of hydrogen-bond donors (Lipinski definition) is 4. The fourth-order valence-electron chi connectivity index (χ4n) is 1.30. The molecular weight excluding hydrogens is 241 g/mol. The van der Waals surface area contributed by atoms with Gasteiger partial charge in [0, 0.05) is 0 Å². The number of hydrogen-bond acceptors (Lipinski definition) is 3. The molecule has 9 heteroatoms. The van der Waals surface area contributed by atoms with Crippen LogP contribution >= 0.6 is 0 Å². The van der Waals surface area contributed by atoms with E-state index in [4.69, 9.17) is 10.9 Å². The second-order valence-corrected chi connectivity index (χ2v) is 3.78. The number of halogens is 3. The number of carbonyl (C=O) groups is 1. The van der Waals surface area contributed by atoms with Crippen LogP contribution in [0.25, 0.3) is 0 Å². The van der Waals surface area contributed by atoms with E-state index in [0.29, 0.717) is 0 Å². The van der Waals surface area contributed by atoms with Crippen LogP contribution in [0.4, 0.5) is 18.0 Å². The predicted octanol–water partition coefficient (Wildman–Crippen LogP) is 0.373. The maximum absolute atomic E-state index is 11.8. The summed E-state index contributed by atoms with van der Waals surface area (Å²) in [5.41, 5.74) is 5.32. The average Bonchev–Trinajstić information content (AvgIpc) is 3.04. The first-order valence-corrected chi connectivity index (χ1v) is 4.92. The molecule has 5 N–H and O–H groups in total. The van der Waals surface area contributed by atoms with Crippen LogP contribution < -0.4 is 16.4 Å². The van der Waals surface area contributed by atoms with Gasteiger partial charge in [0.25, 0.3) is 0 Å². The van der Waals surface area contributed by atoms with Gasteiger partial charge in [0.05, 0.1) is 6.04 Å². The van der Waals surface area contributed by atoms with Crippen LogP contribution in [0.1, 0.15) is 12.8 Å². The number of urea groups is 1. The van der Waals surface area contributed by atoms with Crippen LogP contribution in [0.3, 0.4) is 0 Å². The largest absolute Gasteiger partial charge is 0.409 e. The second kappa shape index (κ2) is 5.11. The lowest BCUT2D eigenvalue weighted by molar-refractivity contribution is -0.122. The van der Waals surface area contributed by atoms with Crippen molar-refractivity contribution in [3.63, 3.8) is 0 Å². The molecule has 1 aliphatic carbocycles. The van der Waals surface area contributed by atoms with Gasteiger partial charge >= 0.3 is 12.2 Å². The van der Waals surface area contributed by atoms with Crippen molar-refractivity contribution in [1.82, 2.24) is 10.6 Å². The van der Waals surface area contributed by atoms with Crippen LogP contribution in [0.2, 0.25) is 0 Å². The highest BCUT2D eigenvalue weighted by Gasteiger charge is 2.36. The van der Waals surface area contributed by atoms with Crippen molar-refractivity contribution in [2.75, 3.05) is 6.54 Å².